The fourth-order valence-electron chi connectivity index (χ4n) is 1.67. The maximum absolute atomic E-state index is 5.73. The van der Waals surface area contributed by atoms with Crippen LogP contribution in [0.15, 0.2) is 34.9 Å². The molecule has 0 amide bonds. The third-order valence-corrected chi connectivity index (χ3v) is 3.40. The summed E-state index contributed by atoms with van der Waals surface area (Å²) in [4.78, 5) is 4.29. The number of rotatable bonds is 7. The summed E-state index contributed by atoms with van der Waals surface area (Å²) in [7, 11) is 1.70. The molecule has 0 fully saturated rings. The molecule has 102 valence electrons. The first kappa shape index (κ1) is 14.5. The van der Waals surface area contributed by atoms with Gasteiger partial charge < -0.3 is 14.5 Å². The molecule has 2 aromatic rings. The molecule has 0 bridgehead atoms. The number of nitrogens with one attached hydrogen (secondary N) is 1. The standard InChI is InChI=1S/C14H17IN2O2/c1-18-9-8-16-7-6-14-17-10-13(19-14)11-2-4-12(15)5-3-11/h2-5,10,16H,6-9H2,1H3. The zero-order chi connectivity index (χ0) is 13.5. The molecule has 4 nitrogen and oxygen atoms in total. The van der Waals surface area contributed by atoms with E-state index in [1.165, 1.54) is 3.57 Å². The zero-order valence-electron chi connectivity index (χ0n) is 10.9. The van der Waals surface area contributed by atoms with Gasteiger partial charge in [0, 0.05) is 35.8 Å². The molecular formula is C14H17IN2O2. The van der Waals surface area contributed by atoms with E-state index in [4.69, 9.17) is 9.15 Å². The summed E-state index contributed by atoms with van der Waals surface area (Å²) >= 11 is 2.29. The maximum Gasteiger partial charge on any atom is 0.196 e. The Labute approximate surface area is 126 Å². The molecule has 2 rings (SSSR count). The summed E-state index contributed by atoms with van der Waals surface area (Å²) in [6, 6.07) is 8.21. The van der Waals surface area contributed by atoms with Crippen molar-refractivity contribution in [1.29, 1.82) is 0 Å². The van der Waals surface area contributed by atoms with Crippen LogP contribution in [0.5, 0.6) is 0 Å². The second-order valence-corrected chi connectivity index (χ2v) is 5.36. The van der Waals surface area contributed by atoms with Crippen molar-refractivity contribution >= 4 is 22.6 Å². The molecule has 0 aliphatic carbocycles. The molecular weight excluding hydrogens is 355 g/mol. The van der Waals surface area contributed by atoms with E-state index in [9.17, 15) is 0 Å². The molecule has 1 aromatic heterocycles. The fourth-order valence-corrected chi connectivity index (χ4v) is 2.03. The number of hydrogen-bond acceptors (Lipinski definition) is 4. The molecule has 0 unspecified atom stereocenters. The first-order valence-electron chi connectivity index (χ1n) is 6.20. The third-order valence-electron chi connectivity index (χ3n) is 2.68. The van der Waals surface area contributed by atoms with Crippen molar-refractivity contribution in [3.8, 4) is 11.3 Å². The van der Waals surface area contributed by atoms with Crippen LogP contribution >= 0.6 is 22.6 Å². The Morgan fingerprint density at radius 2 is 2.05 bits per heavy atom. The Morgan fingerprint density at radius 1 is 1.26 bits per heavy atom. The van der Waals surface area contributed by atoms with E-state index in [1.807, 2.05) is 12.1 Å². The maximum atomic E-state index is 5.73. The van der Waals surface area contributed by atoms with Gasteiger partial charge >= 0.3 is 0 Å². The minimum Gasteiger partial charge on any atom is -0.441 e. The summed E-state index contributed by atoms with van der Waals surface area (Å²) in [5.41, 5.74) is 1.06. The summed E-state index contributed by atoms with van der Waals surface area (Å²) < 4.78 is 11.9. The lowest BCUT2D eigenvalue weighted by molar-refractivity contribution is 0.199. The summed E-state index contributed by atoms with van der Waals surface area (Å²) in [5.74, 6) is 1.58. The number of oxazole rings is 1. The quantitative estimate of drug-likeness (QED) is 0.600. The normalized spacial score (nSPS) is 10.8. The van der Waals surface area contributed by atoms with E-state index in [1.54, 1.807) is 13.3 Å². The van der Waals surface area contributed by atoms with Crippen molar-refractivity contribution < 1.29 is 9.15 Å². The van der Waals surface area contributed by atoms with Crippen LogP contribution in [0.4, 0.5) is 0 Å². The van der Waals surface area contributed by atoms with E-state index in [-0.39, 0.29) is 0 Å². The van der Waals surface area contributed by atoms with Crippen molar-refractivity contribution in [1.82, 2.24) is 10.3 Å². The van der Waals surface area contributed by atoms with Crippen molar-refractivity contribution in [2.75, 3.05) is 26.8 Å². The Hall–Kier alpha value is -0.920. The van der Waals surface area contributed by atoms with Gasteiger partial charge in [-0.3, -0.25) is 0 Å². The van der Waals surface area contributed by atoms with Gasteiger partial charge in [-0.1, -0.05) is 12.1 Å². The van der Waals surface area contributed by atoms with E-state index in [0.29, 0.717) is 0 Å². The number of hydrogen-bond donors (Lipinski definition) is 1. The minimum absolute atomic E-state index is 0.722. The van der Waals surface area contributed by atoms with Crippen molar-refractivity contribution in [3.05, 3.63) is 39.9 Å². The van der Waals surface area contributed by atoms with Gasteiger partial charge in [-0.2, -0.15) is 0 Å². The number of nitrogens with zero attached hydrogens (tertiary/aromatic N) is 1. The Bertz CT molecular complexity index is 496. The van der Waals surface area contributed by atoms with E-state index in [2.05, 4.69) is 45.0 Å². The molecule has 5 heteroatoms. The van der Waals surface area contributed by atoms with Crippen molar-refractivity contribution in [3.63, 3.8) is 0 Å². The third kappa shape index (κ3) is 4.59. The molecule has 1 aromatic carbocycles. The fraction of sp³-hybridized carbons (Fsp3) is 0.357. The second kappa shape index (κ2) is 7.62. The molecule has 0 atom stereocenters. The highest BCUT2D eigenvalue weighted by molar-refractivity contribution is 14.1. The Morgan fingerprint density at radius 3 is 2.79 bits per heavy atom. The van der Waals surface area contributed by atoms with Crippen LogP contribution in [-0.4, -0.2) is 31.8 Å². The van der Waals surface area contributed by atoms with Crippen molar-refractivity contribution in [2.45, 2.75) is 6.42 Å². The number of methoxy groups -OCH3 is 1. The van der Waals surface area contributed by atoms with Gasteiger partial charge in [-0.25, -0.2) is 4.98 Å². The molecule has 19 heavy (non-hydrogen) atoms. The molecule has 0 radical (unpaired) electrons. The van der Waals surface area contributed by atoms with Gasteiger partial charge in [-0.05, 0) is 34.7 Å². The van der Waals surface area contributed by atoms with Crippen molar-refractivity contribution in [2.24, 2.45) is 0 Å². The summed E-state index contributed by atoms with van der Waals surface area (Å²) in [6.07, 6.45) is 2.57. The predicted molar refractivity (Wildman–Crippen MR) is 83.1 cm³/mol. The molecule has 0 saturated heterocycles. The van der Waals surface area contributed by atoms with Crippen LogP contribution in [0.1, 0.15) is 5.89 Å². The van der Waals surface area contributed by atoms with Gasteiger partial charge in [0.1, 0.15) is 0 Å². The molecule has 0 aliphatic heterocycles. The largest absolute Gasteiger partial charge is 0.441 e. The van der Waals surface area contributed by atoms with Gasteiger partial charge in [0.05, 0.1) is 12.8 Å². The number of ether oxygens (including phenoxy) is 1. The lowest BCUT2D eigenvalue weighted by Gasteiger charge is -2.01. The average molecular weight is 372 g/mol. The Balaban J connectivity index is 1.86. The number of benzene rings is 1. The molecule has 1 heterocycles. The van der Waals surface area contributed by atoms with Gasteiger partial charge in [0.2, 0.25) is 0 Å². The monoisotopic (exact) mass is 372 g/mol. The van der Waals surface area contributed by atoms with Gasteiger partial charge in [0.15, 0.2) is 11.7 Å². The smallest absolute Gasteiger partial charge is 0.196 e. The van der Waals surface area contributed by atoms with Gasteiger partial charge in [-0.15, -0.1) is 0 Å². The van der Waals surface area contributed by atoms with E-state index in [0.717, 1.165) is 43.3 Å². The number of aromatic nitrogens is 1. The molecule has 0 spiro atoms. The highest BCUT2D eigenvalue weighted by Gasteiger charge is 2.05. The van der Waals surface area contributed by atoms with Crippen LogP contribution in [0, 0.1) is 3.57 Å². The first-order valence-corrected chi connectivity index (χ1v) is 7.28. The first-order chi connectivity index (χ1) is 9.29. The average Bonchev–Trinajstić information content (AvgIpc) is 2.88. The molecule has 0 saturated carbocycles. The topological polar surface area (TPSA) is 47.3 Å². The van der Waals surface area contributed by atoms with Crippen LogP contribution in [0.2, 0.25) is 0 Å². The lowest BCUT2D eigenvalue weighted by Crippen LogP contribution is -2.21. The van der Waals surface area contributed by atoms with Crippen LogP contribution in [0.3, 0.4) is 0 Å². The highest BCUT2D eigenvalue weighted by Crippen LogP contribution is 2.21. The SMILES string of the molecule is COCCNCCc1ncc(-c2ccc(I)cc2)o1. The second-order valence-electron chi connectivity index (χ2n) is 4.12. The highest BCUT2D eigenvalue weighted by atomic mass is 127. The van der Waals surface area contributed by atoms with Crippen LogP contribution in [-0.2, 0) is 11.2 Å². The van der Waals surface area contributed by atoms with Crippen LogP contribution in [0.25, 0.3) is 11.3 Å². The lowest BCUT2D eigenvalue weighted by atomic mass is 10.2. The molecule has 1 N–H and O–H groups in total. The van der Waals surface area contributed by atoms with E-state index < -0.39 is 0 Å². The van der Waals surface area contributed by atoms with Crippen LogP contribution < -0.4 is 5.32 Å². The van der Waals surface area contributed by atoms with Gasteiger partial charge in [0.25, 0.3) is 0 Å². The predicted octanol–water partition coefficient (Wildman–Crippen LogP) is 2.72. The summed E-state index contributed by atoms with van der Waals surface area (Å²) in [6.45, 7) is 2.41. The Kier molecular flexibility index (Phi) is 5.81. The molecule has 0 aliphatic rings. The number of halogens is 1. The minimum atomic E-state index is 0.722. The van der Waals surface area contributed by atoms with E-state index >= 15 is 0 Å². The zero-order valence-corrected chi connectivity index (χ0v) is 13.0. The summed E-state index contributed by atoms with van der Waals surface area (Å²) in [5, 5.41) is 3.27.